The van der Waals surface area contributed by atoms with Crippen molar-refractivity contribution in [3.63, 3.8) is 0 Å². The molecule has 0 spiro atoms. The van der Waals surface area contributed by atoms with E-state index >= 15 is 0 Å². The lowest BCUT2D eigenvalue weighted by Crippen LogP contribution is -2.49. The molecule has 1 heteroatoms. The van der Waals surface area contributed by atoms with Gasteiger partial charge in [-0.05, 0) is 68.2 Å². The molecule has 0 radical (unpaired) electrons. The van der Waals surface area contributed by atoms with Gasteiger partial charge in [-0.15, -0.1) is 0 Å². The van der Waals surface area contributed by atoms with Gasteiger partial charge in [-0.2, -0.15) is 0 Å². The Morgan fingerprint density at radius 2 is 1.61 bits per heavy atom. The Bertz CT molecular complexity index is 282. The van der Waals surface area contributed by atoms with Crippen molar-refractivity contribution in [3.05, 3.63) is 0 Å². The van der Waals surface area contributed by atoms with Crippen LogP contribution in [0.1, 0.15) is 66.7 Å². The molecular formula is C17H33N. The fraction of sp³-hybridized carbons (Fsp3) is 1.00. The molecule has 2 aliphatic carbocycles. The summed E-state index contributed by atoms with van der Waals surface area (Å²) in [5, 5.41) is 3.67. The predicted octanol–water partition coefficient (Wildman–Crippen LogP) is 4.47. The summed E-state index contributed by atoms with van der Waals surface area (Å²) in [7, 11) is 2.17. The topological polar surface area (TPSA) is 12.0 Å². The SMILES string of the molecule is CNC1(C(C)(C)C2CCC(C(C)C)CC2)CC1C. The van der Waals surface area contributed by atoms with E-state index in [0.29, 0.717) is 11.0 Å². The molecule has 0 aromatic rings. The molecule has 0 heterocycles. The minimum absolute atomic E-state index is 0.433. The molecule has 0 amide bonds. The van der Waals surface area contributed by atoms with Gasteiger partial charge in [-0.1, -0.05) is 34.6 Å². The highest BCUT2D eigenvalue weighted by atomic mass is 15.0. The fourth-order valence-electron chi connectivity index (χ4n) is 4.86. The van der Waals surface area contributed by atoms with Crippen LogP contribution >= 0.6 is 0 Å². The second kappa shape index (κ2) is 4.81. The van der Waals surface area contributed by atoms with Crippen LogP contribution in [-0.4, -0.2) is 12.6 Å². The van der Waals surface area contributed by atoms with E-state index in [0.717, 1.165) is 23.7 Å². The van der Waals surface area contributed by atoms with Crippen molar-refractivity contribution in [2.45, 2.75) is 72.3 Å². The van der Waals surface area contributed by atoms with Gasteiger partial charge in [-0.25, -0.2) is 0 Å². The van der Waals surface area contributed by atoms with Gasteiger partial charge in [0.1, 0.15) is 0 Å². The highest BCUT2D eigenvalue weighted by molar-refractivity contribution is 5.17. The zero-order valence-electron chi connectivity index (χ0n) is 13.3. The van der Waals surface area contributed by atoms with Gasteiger partial charge in [-0.3, -0.25) is 0 Å². The smallest absolute Gasteiger partial charge is 0.0261 e. The Kier molecular flexibility index (Phi) is 3.84. The molecule has 0 aromatic heterocycles. The van der Waals surface area contributed by atoms with Crippen LogP contribution in [0.15, 0.2) is 0 Å². The van der Waals surface area contributed by atoms with E-state index in [9.17, 15) is 0 Å². The largest absolute Gasteiger partial charge is 0.313 e. The lowest BCUT2D eigenvalue weighted by atomic mass is 9.62. The van der Waals surface area contributed by atoms with E-state index in [4.69, 9.17) is 0 Å². The second-order valence-corrected chi connectivity index (χ2v) is 7.90. The maximum atomic E-state index is 3.67. The molecule has 18 heavy (non-hydrogen) atoms. The summed E-state index contributed by atoms with van der Waals surface area (Å²) >= 11 is 0. The summed E-state index contributed by atoms with van der Waals surface area (Å²) in [5.41, 5.74) is 0.894. The van der Waals surface area contributed by atoms with E-state index < -0.39 is 0 Å². The van der Waals surface area contributed by atoms with Crippen molar-refractivity contribution in [2.24, 2.45) is 29.1 Å². The maximum absolute atomic E-state index is 3.67. The van der Waals surface area contributed by atoms with Gasteiger partial charge in [0, 0.05) is 5.54 Å². The molecule has 0 aliphatic heterocycles. The van der Waals surface area contributed by atoms with E-state index in [1.54, 1.807) is 0 Å². The summed E-state index contributed by atoms with van der Waals surface area (Å²) in [4.78, 5) is 0. The van der Waals surface area contributed by atoms with E-state index in [-0.39, 0.29) is 0 Å². The van der Waals surface area contributed by atoms with Crippen molar-refractivity contribution in [2.75, 3.05) is 7.05 Å². The number of hydrogen-bond donors (Lipinski definition) is 1. The Morgan fingerprint density at radius 1 is 1.11 bits per heavy atom. The molecule has 1 nitrogen and oxygen atoms in total. The Balaban J connectivity index is 2.00. The minimum Gasteiger partial charge on any atom is -0.313 e. The van der Waals surface area contributed by atoms with Gasteiger partial charge < -0.3 is 5.32 Å². The van der Waals surface area contributed by atoms with Crippen molar-refractivity contribution < 1.29 is 0 Å². The van der Waals surface area contributed by atoms with Crippen molar-refractivity contribution in [1.82, 2.24) is 5.32 Å². The highest BCUT2D eigenvalue weighted by Gasteiger charge is 2.61. The van der Waals surface area contributed by atoms with Gasteiger partial charge in [0.05, 0.1) is 0 Å². The molecule has 0 aromatic carbocycles. The Hall–Kier alpha value is -0.0400. The number of nitrogens with one attached hydrogen (secondary N) is 1. The summed E-state index contributed by atoms with van der Waals surface area (Å²) in [5.74, 6) is 3.65. The van der Waals surface area contributed by atoms with Crippen LogP contribution in [0.5, 0.6) is 0 Å². The first-order valence-electron chi connectivity index (χ1n) is 8.04. The molecule has 0 saturated heterocycles. The first-order chi connectivity index (χ1) is 8.35. The van der Waals surface area contributed by atoms with Gasteiger partial charge in [0.25, 0.3) is 0 Å². The lowest BCUT2D eigenvalue weighted by Gasteiger charge is -2.46. The van der Waals surface area contributed by atoms with Crippen LogP contribution in [0, 0.1) is 29.1 Å². The van der Waals surface area contributed by atoms with Crippen LogP contribution in [-0.2, 0) is 0 Å². The molecule has 2 atom stereocenters. The molecule has 106 valence electrons. The van der Waals surface area contributed by atoms with Gasteiger partial charge in [0.15, 0.2) is 0 Å². The molecule has 0 bridgehead atoms. The lowest BCUT2D eigenvalue weighted by molar-refractivity contribution is 0.0659. The van der Waals surface area contributed by atoms with E-state index in [1.807, 2.05) is 0 Å². The molecule has 2 unspecified atom stereocenters. The summed E-state index contributed by atoms with van der Waals surface area (Å²) in [6.07, 6.45) is 7.19. The normalized spacial score (nSPS) is 41.2. The van der Waals surface area contributed by atoms with Crippen LogP contribution < -0.4 is 5.32 Å². The zero-order chi connectivity index (χ0) is 13.6. The molecule has 2 fully saturated rings. The maximum Gasteiger partial charge on any atom is 0.0261 e. The fourth-order valence-corrected chi connectivity index (χ4v) is 4.86. The monoisotopic (exact) mass is 251 g/mol. The molecule has 2 aliphatic rings. The Morgan fingerprint density at radius 3 is 1.94 bits per heavy atom. The van der Waals surface area contributed by atoms with Gasteiger partial charge in [0.2, 0.25) is 0 Å². The standard InChI is InChI=1S/C17H33N/c1-12(2)14-7-9-15(10-8-14)16(4,5)17(18-6)11-13(17)3/h12-15,18H,7-11H2,1-6H3. The van der Waals surface area contributed by atoms with Gasteiger partial charge >= 0.3 is 0 Å². The number of rotatable bonds is 4. The highest BCUT2D eigenvalue weighted by Crippen LogP contribution is 2.60. The number of hydrogen-bond acceptors (Lipinski definition) is 1. The molecule has 1 N–H and O–H groups in total. The van der Waals surface area contributed by atoms with Crippen molar-refractivity contribution >= 4 is 0 Å². The third-order valence-electron chi connectivity index (χ3n) is 6.64. The van der Waals surface area contributed by atoms with Crippen LogP contribution in [0.4, 0.5) is 0 Å². The third kappa shape index (κ3) is 2.13. The minimum atomic E-state index is 0.433. The summed E-state index contributed by atoms with van der Waals surface area (Å²) in [6, 6.07) is 0. The zero-order valence-corrected chi connectivity index (χ0v) is 13.3. The summed E-state index contributed by atoms with van der Waals surface area (Å²) in [6.45, 7) is 12.3. The second-order valence-electron chi connectivity index (χ2n) is 7.90. The molecule has 2 saturated carbocycles. The van der Waals surface area contributed by atoms with E-state index in [2.05, 4.69) is 47.0 Å². The molecular weight excluding hydrogens is 218 g/mol. The predicted molar refractivity (Wildman–Crippen MR) is 79.6 cm³/mol. The first kappa shape index (κ1) is 14.4. The quantitative estimate of drug-likeness (QED) is 0.777. The van der Waals surface area contributed by atoms with Crippen molar-refractivity contribution in [3.8, 4) is 0 Å². The average molecular weight is 251 g/mol. The molecule has 2 rings (SSSR count). The van der Waals surface area contributed by atoms with Crippen LogP contribution in [0.3, 0.4) is 0 Å². The average Bonchev–Trinajstić information content (AvgIpc) is 3.02. The van der Waals surface area contributed by atoms with E-state index in [1.165, 1.54) is 32.1 Å². The van der Waals surface area contributed by atoms with Crippen LogP contribution in [0.2, 0.25) is 0 Å². The Labute approximate surface area is 114 Å². The first-order valence-corrected chi connectivity index (χ1v) is 8.04. The van der Waals surface area contributed by atoms with Crippen LogP contribution in [0.25, 0.3) is 0 Å². The third-order valence-corrected chi connectivity index (χ3v) is 6.64. The summed E-state index contributed by atoms with van der Waals surface area (Å²) < 4.78 is 0. The van der Waals surface area contributed by atoms with Crippen molar-refractivity contribution in [1.29, 1.82) is 0 Å².